The van der Waals surface area contributed by atoms with Crippen molar-refractivity contribution < 1.29 is 19.4 Å². The number of amides is 1. The summed E-state index contributed by atoms with van der Waals surface area (Å²) >= 11 is 5.96. The van der Waals surface area contributed by atoms with Crippen LogP contribution in [0, 0.1) is 0 Å². The Hall–Kier alpha value is -2.82. The highest BCUT2D eigenvalue weighted by atomic mass is 35.5. The second kappa shape index (κ2) is 8.97. The van der Waals surface area contributed by atoms with Crippen molar-refractivity contribution >= 4 is 28.8 Å². The van der Waals surface area contributed by atoms with E-state index < -0.39 is 23.3 Å². The number of aromatic nitrogens is 4. The van der Waals surface area contributed by atoms with Gasteiger partial charge in [-0.2, -0.15) is 5.10 Å². The summed E-state index contributed by atoms with van der Waals surface area (Å²) in [5.41, 5.74) is -0.454. The van der Waals surface area contributed by atoms with E-state index in [1.165, 1.54) is 30.8 Å². The number of rotatable bonds is 8. The Labute approximate surface area is 189 Å². The molecule has 3 aromatic heterocycles. The van der Waals surface area contributed by atoms with Crippen LogP contribution in [-0.2, 0) is 0 Å². The molecule has 1 amide bonds. The van der Waals surface area contributed by atoms with E-state index in [4.69, 9.17) is 11.6 Å². The smallest absolute Gasteiger partial charge is 0.255 e. The summed E-state index contributed by atoms with van der Waals surface area (Å²) in [5.74, 6) is -0.570. The molecule has 0 saturated carbocycles. The van der Waals surface area contributed by atoms with Crippen LogP contribution in [0.1, 0.15) is 38.1 Å². The number of fused-ring (bicyclic) bond motifs is 1. The van der Waals surface area contributed by atoms with Crippen molar-refractivity contribution in [2.45, 2.75) is 45.1 Å². The molecule has 0 bridgehead atoms. The minimum atomic E-state index is -1.65. The Morgan fingerprint density at radius 3 is 2.59 bits per heavy atom. The molecule has 0 aromatic carbocycles. The van der Waals surface area contributed by atoms with Crippen LogP contribution in [0.25, 0.3) is 16.9 Å². The van der Waals surface area contributed by atoms with Gasteiger partial charge in [0.05, 0.1) is 57.7 Å². The number of halogens is 2. The Bertz CT molecular complexity index is 1120. The van der Waals surface area contributed by atoms with Gasteiger partial charge in [-0.15, -0.1) is 0 Å². The van der Waals surface area contributed by atoms with Crippen molar-refractivity contribution in [3.8, 4) is 11.3 Å². The van der Waals surface area contributed by atoms with Gasteiger partial charge < -0.3 is 20.8 Å². The van der Waals surface area contributed by atoms with Crippen LogP contribution in [0.2, 0.25) is 5.02 Å². The van der Waals surface area contributed by atoms with E-state index >= 15 is 0 Å². The molecule has 0 fully saturated rings. The molecule has 0 unspecified atom stereocenters. The molecule has 9 nitrogen and oxygen atoms in total. The number of anilines is 1. The first-order valence-electron chi connectivity index (χ1n) is 9.95. The van der Waals surface area contributed by atoms with Gasteiger partial charge in [-0.1, -0.05) is 11.6 Å². The minimum absolute atomic E-state index is 0.148. The lowest BCUT2D eigenvalue weighted by Crippen LogP contribution is -2.42. The molecule has 0 radical (unpaired) electrons. The predicted octanol–water partition coefficient (Wildman–Crippen LogP) is 2.47. The van der Waals surface area contributed by atoms with Crippen LogP contribution in [0.15, 0.2) is 30.9 Å². The Kier molecular flexibility index (Phi) is 6.68. The normalized spacial score (nSPS) is 13.2. The summed E-state index contributed by atoms with van der Waals surface area (Å²) in [4.78, 5) is 21.4. The maximum absolute atomic E-state index is 14.1. The number of carbonyl (C=O) groups is 1. The highest BCUT2D eigenvalue weighted by Crippen LogP contribution is 2.27. The zero-order valence-corrected chi connectivity index (χ0v) is 19.0. The van der Waals surface area contributed by atoms with E-state index in [9.17, 15) is 19.4 Å². The second-order valence-corrected chi connectivity index (χ2v) is 9.15. The summed E-state index contributed by atoms with van der Waals surface area (Å²) in [6.07, 6.45) is 4.39. The first-order chi connectivity index (χ1) is 14.8. The Morgan fingerprint density at radius 2 is 1.94 bits per heavy atom. The summed E-state index contributed by atoms with van der Waals surface area (Å²) in [5, 5.41) is 30.0. The zero-order chi connectivity index (χ0) is 23.7. The number of carbonyl (C=O) groups excluding carboxylic acids is 1. The number of nitrogens with zero attached hydrogens (tertiary/aromatic N) is 4. The van der Waals surface area contributed by atoms with Crippen LogP contribution in [0.3, 0.4) is 0 Å². The van der Waals surface area contributed by atoms with Gasteiger partial charge in [-0.25, -0.2) is 13.9 Å². The summed E-state index contributed by atoms with van der Waals surface area (Å²) in [6.45, 7) is 5.68. The quantitative estimate of drug-likeness (QED) is 0.403. The molecule has 3 aromatic rings. The maximum atomic E-state index is 14.1. The number of hydrogen-bond donors (Lipinski definition) is 4. The maximum Gasteiger partial charge on any atom is 0.255 e. The van der Waals surface area contributed by atoms with Crippen LogP contribution < -0.4 is 10.6 Å². The highest BCUT2D eigenvalue weighted by molar-refractivity contribution is 6.30. The van der Waals surface area contributed by atoms with Crippen molar-refractivity contribution in [1.82, 2.24) is 24.9 Å². The number of alkyl halides is 1. The van der Waals surface area contributed by atoms with E-state index in [2.05, 4.69) is 25.7 Å². The molecule has 0 aliphatic heterocycles. The molecule has 0 aliphatic rings. The fourth-order valence-corrected chi connectivity index (χ4v) is 2.94. The lowest BCUT2D eigenvalue weighted by Gasteiger charge is -2.23. The van der Waals surface area contributed by atoms with Crippen LogP contribution in [0.4, 0.5) is 10.1 Å². The first-order valence-corrected chi connectivity index (χ1v) is 10.3. The summed E-state index contributed by atoms with van der Waals surface area (Å²) < 4.78 is 15.6. The van der Waals surface area contributed by atoms with E-state index in [1.807, 2.05) is 0 Å². The lowest BCUT2D eigenvalue weighted by molar-refractivity contribution is -0.00178. The molecule has 3 heterocycles. The first kappa shape index (κ1) is 23.8. The minimum Gasteiger partial charge on any atom is -0.389 e. The summed E-state index contributed by atoms with van der Waals surface area (Å²) in [7, 11) is 0. The van der Waals surface area contributed by atoms with Crippen molar-refractivity contribution in [2.75, 3.05) is 18.4 Å². The average molecular weight is 465 g/mol. The van der Waals surface area contributed by atoms with Crippen molar-refractivity contribution in [3.05, 3.63) is 41.4 Å². The molecular formula is C21H26ClFN6O3. The third kappa shape index (κ3) is 5.70. The van der Waals surface area contributed by atoms with Gasteiger partial charge in [-0.05, 0) is 33.8 Å². The van der Waals surface area contributed by atoms with Gasteiger partial charge in [-0.3, -0.25) is 9.78 Å². The van der Waals surface area contributed by atoms with Gasteiger partial charge >= 0.3 is 0 Å². The molecule has 4 N–H and O–H groups in total. The number of pyridine rings is 1. The van der Waals surface area contributed by atoms with E-state index in [0.29, 0.717) is 27.6 Å². The molecule has 3 rings (SSSR count). The summed E-state index contributed by atoms with van der Waals surface area (Å²) in [6, 6.07) is 1.64. The van der Waals surface area contributed by atoms with Gasteiger partial charge in [0.1, 0.15) is 6.17 Å². The van der Waals surface area contributed by atoms with Gasteiger partial charge in [0.15, 0.2) is 5.65 Å². The topological polar surface area (TPSA) is 125 Å². The molecule has 0 spiro atoms. The monoisotopic (exact) mass is 464 g/mol. The molecular weight excluding hydrogens is 439 g/mol. The van der Waals surface area contributed by atoms with Crippen LogP contribution >= 0.6 is 11.6 Å². The number of hydrogen-bond acceptors (Lipinski definition) is 7. The molecule has 0 saturated heterocycles. The van der Waals surface area contributed by atoms with E-state index in [1.54, 1.807) is 32.3 Å². The molecule has 11 heteroatoms. The molecule has 1 atom stereocenters. The predicted molar refractivity (Wildman–Crippen MR) is 120 cm³/mol. The van der Waals surface area contributed by atoms with Crippen molar-refractivity contribution in [1.29, 1.82) is 0 Å². The van der Waals surface area contributed by atoms with E-state index in [0.717, 1.165) is 0 Å². The standard InChI is InChI=1S/C21H26ClFN6O3/c1-20(2,31)11-27-16-5-15(13-8-28-29-10-12(22)6-25-18(13)29)24-7-14(16)19(30)26-9-17(23)21(3,4)32/h5-8,10,17,31-32H,9,11H2,1-4H3,(H,24,27)(H,26,30)/t17-/m1/s1. The third-order valence-corrected chi connectivity index (χ3v) is 4.86. The Morgan fingerprint density at radius 1 is 1.22 bits per heavy atom. The molecule has 32 heavy (non-hydrogen) atoms. The molecule has 172 valence electrons. The van der Waals surface area contributed by atoms with E-state index in [-0.39, 0.29) is 18.7 Å². The second-order valence-electron chi connectivity index (χ2n) is 8.71. The van der Waals surface area contributed by atoms with Crippen molar-refractivity contribution in [2.24, 2.45) is 0 Å². The zero-order valence-electron chi connectivity index (χ0n) is 18.2. The van der Waals surface area contributed by atoms with Crippen LogP contribution in [0.5, 0.6) is 0 Å². The lowest BCUT2D eigenvalue weighted by atomic mass is 10.0. The largest absolute Gasteiger partial charge is 0.389 e. The van der Waals surface area contributed by atoms with Gasteiger partial charge in [0.25, 0.3) is 5.91 Å². The molecule has 0 aliphatic carbocycles. The fraction of sp³-hybridized carbons (Fsp3) is 0.429. The Balaban J connectivity index is 1.94. The fourth-order valence-electron chi connectivity index (χ4n) is 2.80. The van der Waals surface area contributed by atoms with Crippen LogP contribution in [-0.4, -0.2) is 66.2 Å². The van der Waals surface area contributed by atoms with Gasteiger partial charge in [0, 0.05) is 18.9 Å². The highest BCUT2D eigenvalue weighted by Gasteiger charge is 2.27. The van der Waals surface area contributed by atoms with Crippen molar-refractivity contribution in [3.63, 3.8) is 0 Å². The third-order valence-electron chi connectivity index (χ3n) is 4.67. The SMILES string of the molecule is CC(C)(O)CNc1cc(-c2cnn3cc(Cl)cnc23)ncc1C(=O)NC[C@@H](F)C(C)(C)O. The number of aliphatic hydroxyl groups is 2. The average Bonchev–Trinajstić information content (AvgIpc) is 3.11. The van der Waals surface area contributed by atoms with Gasteiger partial charge in [0.2, 0.25) is 0 Å². The number of nitrogens with one attached hydrogen (secondary N) is 2.